The second kappa shape index (κ2) is 7.88. The number of nitrogens with zero attached hydrogens (tertiary/aromatic N) is 1. The van der Waals surface area contributed by atoms with Crippen molar-refractivity contribution in [3.63, 3.8) is 0 Å². The van der Waals surface area contributed by atoms with E-state index in [1.54, 1.807) is 11.0 Å². The van der Waals surface area contributed by atoms with Gasteiger partial charge >= 0.3 is 6.18 Å². The number of alkyl halides is 3. The summed E-state index contributed by atoms with van der Waals surface area (Å²) in [6, 6.07) is 19.5. The average molecular weight is 423 g/mol. The monoisotopic (exact) mass is 423 g/mol. The van der Waals surface area contributed by atoms with Crippen LogP contribution in [-0.4, -0.2) is 23.9 Å². The molecule has 0 saturated carbocycles. The van der Waals surface area contributed by atoms with Crippen LogP contribution in [0.4, 0.5) is 13.2 Å². The molecule has 0 saturated heterocycles. The summed E-state index contributed by atoms with van der Waals surface area (Å²) in [6.07, 6.45) is -1.97. The van der Waals surface area contributed by atoms with E-state index in [2.05, 4.69) is 6.07 Å². The van der Waals surface area contributed by atoms with Crippen LogP contribution in [0.15, 0.2) is 72.8 Å². The molecule has 0 unspecified atom stereocenters. The minimum absolute atomic E-state index is 0.0159. The Bertz CT molecular complexity index is 1160. The molecule has 5 heteroatoms. The van der Waals surface area contributed by atoms with E-state index in [1.165, 1.54) is 12.1 Å². The number of hydrogen-bond acceptors (Lipinski definition) is 1. The van der Waals surface area contributed by atoms with Gasteiger partial charge in [0.2, 0.25) is 5.91 Å². The Morgan fingerprint density at radius 1 is 0.871 bits per heavy atom. The molecule has 0 fully saturated rings. The number of benzene rings is 3. The lowest BCUT2D eigenvalue weighted by atomic mass is 9.81. The largest absolute Gasteiger partial charge is 0.416 e. The lowest BCUT2D eigenvalue weighted by Gasteiger charge is -2.34. The van der Waals surface area contributed by atoms with E-state index >= 15 is 0 Å². The van der Waals surface area contributed by atoms with Crippen LogP contribution in [0.5, 0.6) is 0 Å². The van der Waals surface area contributed by atoms with Crippen LogP contribution in [0.2, 0.25) is 0 Å². The second-order valence-electron chi connectivity index (χ2n) is 8.50. The van der Waals surface area contributed by atoms with E-state index in [-0.39, 0.29) is 5.91 Å². The first-order chi connectivity index (χ1) is 14.7. The Kier molecular flexibility index (Phi) is 5.38. The van der Waals surface area contributed by atoms with Gasteiger partial charge in [-0.2, -0.15) is 13.2 Å². The van der Waals surface area contributed by atoms with Crippen molar-refractivity contribution in [2.45, 2.75) is 31.9 Å². The topological polar surface area (TPSA) is 20.3 Å². The molecule has 0 N–H and O–H groups in total. The van der Waals surface area contributed by atoms with Gasteiger partial charge in [-0.15, -0.1) is 0 Å². The number of fused-ring (bicyclic) bond motifs is 1. The zero-order valence-electron chi connectivity index (χ0n) is 17.5. The first-order valence-electron chi connectivity index (χ1n) is 10.3. The second-order valence-corrected chi connectivity index (χ2v) is 8.50. The number of halogens is 3. The van der Waals surface area contributed by atoms with Crippen molar-refractivity contribution in [3.8, 4) is 0 Å². The summed E-state index contributed by atoms with van der Waals surface area (Å²) in [4.78, 5) is 15.1. The molecule has 3 aromatic rings. The highest BCUT2D eigenvalue weighted by atomic mass is 19.4. The standard InChI is InChI=1S/C26H24F3NO/c1-25(2,22-11-10-18-6-3-4-7-20(18)16-22)24(31)30-14-12-19(13-15-30)21-8-5-9-23(17-21)26(27,28)29/h3-12,16-17H,13-15H2,1-2H3. The molecule has 0 atom stereocenters. The van der Waals surface area contributed by atoms with Crippen molar-refractivity contribution in [1.29, 1.82) is 0 Å². The minimum Gasteiger partial charge on any atom is -0.338 e. The fourth-order valence-corrected chi connectivity index (χ4v) is 4.11. The number of carbonyl (C=O) groups excluding carboxylic acids is 1. The highest BCUT2D eigenvalue weighted by molar-refractivity contribution is 5.91. The van der Waals surface area contributed by atoms with Gasteiger partial charge in [0.15, 0.2) is 0 Å². The van der Waals surface area contributed by atoms with Crippen LogP contribution in [0.25, 0.3) is 16.3 Å². The molecule has 0 spiro atoms. The van der Waals surface area contributed by atoms with Gasteiger partial charge in [0, 0.05) is 13.1 Å². The van der Waals surface area contributed by atoms with Gasteiger partial charge in [0.05, 0.1) is 11.0 Å². The number of carbonyl (C=O) groups is 1. The number of rotatable bonds is 3. The Labute approximate surface area is 180 Å². The van der Waals surface area contributed by atoms with Crippen LogP contribution < -0.4 is 0 Å². The van der Waals surface area contributed by atoms with E-state index in [0.717, 1.165) is 28.0 Å². The molecule has 4 rings (SSSR count). The Hall–Kier alpha value is -3.08. The molecule has 3 aromatic carbocycles. The molecule has 2 nitrogen and oxygen atoms in total. The Morgan fingerprint density at radius 3 is 2.29 bits per heavy atom. The molecule has 1 amide bonds. The molecule has 0 radical (unpaired) electrons. The summed E-state index contributed by atoms with van der Waals surface area (Å²) >= 11 is 0. The van der Waals surface area contributed by atoms with Crippen LogP contribution in [-0.2, 0) is 16.4 Å². The third-order valence-corrected chi connectivity index (χ3v) is 6.06. The van der Waals surface area contributed by atoms with Crippen LogP contribution in [0, 0.1) is 0 Å². The summed E-state index contributed by atoms with van der Waals surface area (Å²) in [5, 5.41) is 2.22. The summed E-state index contributed by atoms with van der Waals surface area (Å²) in [5.74, 6) is 0.0159. The van der Waals surface area contributed by atoms with Crippen LogP contribution in [0.1, 0.15) is 37.0 Å². The minimum atomic E-state index is -4.36. The van der Waals surface area contributed by atoms with Gasteiger partial charge in [-0.3, -0.25) is 4.79 Å². The molecule has 0 bridgehead atoms. The van der Waals surface area contributed by atoms with E-state index in [4.69, 9.17) is 0 Å². The normalized spacial score (nSPS) is 15.1. The highest BCUT2D eigenvalue weighted by Gasteiger charge is 2.35. The van der Waals surface area contributed by atoms with E-state index in [1.807, 2.05) is 56.3 Å². The van der Waals surface area contributed by atoms with Crippen molar-refractivity contribution in [2.75, 3.05) is 13.1 Å². The highest BCUT2D eigenvalue weighted by Crippen LogP contribution is 2.34. The van der Waals surface area contributed by atoms with Crippen molar-refractivity contribution >= 4 is 22.3 Å². The molecular weight excluding hydrogens is 399 g/mol. The van der Waals surface area contributed by atoms with E-state index in [9.17, 15) is 18.0 Å². The molecule has 0 aromatic heterocycles. The molecule has 160 valence electrons. The lowest BCUT2D eigenvalue weighted by Crippen LogP contribution is -2.45. The Balaban J connectivity index is 1.53. The van der Waals surface area contributed by atoms with Gasteiger partial charge in [0.25, 0.3) is 0 Å². The summed E-state index contributed by atoms with van der Waals surface area (Å²) in [5.41, 5.74) is 1.01. The Morgan fingerprint density at radius 2 is 1.61 bits per heavy atom. The first-order valence-corrected chi connectivity index (χ1v) is 10.3. The SMILES string of the molecule is CC(C)(C(=O)N1CC=C(c2cccc(C(F)(F)F)c2)CC1)c1ccc2ccccc2c1. The van der Waals surface area contributed by atoms with Crippen molar-refractivity contribution in [2.24, 2.45) is 0 Å². The zero-order valence-corrected chi connectivity index (χ0v) is 17.5. The smallest absolute Gasteiger partial charge is 0.338 e. The molecular formula is C26H24F3NO. The van der Waals surface area contributed by atoms with Gasteiger partial charge in [-0.05, 0) is 59.9 Å². The quantitative estimate of drug-likeness (QED) is 0.474. The molecule has 31 heavy (non-hydrogen) atoms. The fraction of sp³-hybridized carbons (Fsp3) is 0.269. The van der Waals surface area contributed by atoms with E-state index in [0.29, 0.717) is 25.1 Å². The molecule has 1 aliphatic rings. The van der Waals surface area contributed by atoms with Crippen LogP contribution in [0.3, 0.4) is 0 Å². The number of amides is 1. The van der Waals surface area contributed by atoms with E-state index < -0.39 is 17.2 Å². The van der Waals surface area contributed by atoms with Gasteiger partial charge in [-0.1, -0.05) is 60.7 Å². The molecule has 0 aliphatic carbocycles. The maximum atomic E-state index is 13.3. The third kappa shape index (κ3) is 4.22. The molecule has 1 aliphatic heterocycles. The zero-order chi connectivity index (χ0) is 22.2. The van der Waals surface area contributed by atoms with Crippen LogP contribution >= 0.6 is 0 Å². The predicted molar refractivity (Wildman–Crippen MR) is 118 cm³/mol. The summed E-state index contributed by atoms with van der Waals surface area (Å²) < 4.78 is 39.1. The summed E-state index contributed by atoms with van der Waals surface area (Å²) in [7, 11) is 0. The van der Waals surface area contributed by atoms with Gasteiger partial charge in [0.1, 0.15) is 0 Å². The van der Waals surface area contributed by atoms with Crippen molar-refractivity contribution in [1.82, 2.24) is 4.90 Å². The molecule has 1 heterocycles. The predicted octanol–water partition coefficient (Wildman–Crippen LogP) is 6.45. The summed E-state index contributed by atoms with van der Waals surface area (Å²) in [6.45, 7) is 4.72. The fourth-order valence-electron chi connectivity index (χ4n) is 4.11. The van der Waals surface area contributed by atoms with Gasteiger partial charge in [-0.25, -0.2) is 0 Å². The third-order valence-electron chi connectivity index (χ3n) is 6.06. The first kappa shape index (κ1) is 21.2. The maximum Gasteiger partial charge on any atom is 0.416 e. The number of hydrogen-bond donors (Lipinski definition) is 0. The van der Waals surface area contributed by atoms with Crippen molar-refractivity contribution < 1.29 is 18.0 Å². The lowest BCUT2D eigenvalue weighted by molar-refractivity contribution is -0.137. The van der Waals surface area contributed by atoms with Crippen molar-refractivity contribution in [3.05, 3.63) is 89.5 Å². The maximum absolute atomic E-state index is 13.3. The van der Waals surface area contributed by atoms with Gasteiger partial charge < -0.3 is 4.90 Å². The average Bonchev–Trinajstić information content (AvgIpc) is 2.78.